The van der Waals surface area contributed by atoms with Crippen LogP contribution in [0.5, 0.6) is 0 Å². The van der Waals surface area contributed by atoms with Crippen LogP contribution >= 0.6 is 0 Å². The summed E-state index contributed by atoms with van der Waals surface area (Å²) in [5.74, 6) is 3.06. The fourth-order valence-electron chi connectivity index (χ4n) is 5.30. The summed E-state index contributed by atoms with van der Waals surface area (Å²) in [5.41, 5.74) is 6.23. The van der Waals surface area contributed by atoms with E-state index >= 15 is 0 Å². The van der Waals surface area contributed by atoms with E-state index < -0.39 is 0 Å². The molecular weight excluding hydrogens is 290 g/mol. The van der Waals surface area contributed by atoms with Crippen LogP contribution in [-0.4, -0.2) is 6.04 Å². The van der Waals surface area contributed by atoms with Crippen molar-refractivity contribution in [1.82, 2.24) is 0 Å². The molecule has 0 unspecified atom stereocenters. The molecule has 0 radical (unpaired) electrons. The highest BCUT2D eigenvalue weighted by atomic mass is 14.6. The molecule has 0 bridgehead atoms. The summed E-state index contributed by atoms with van der Waals surface area (Å²) >= 11 is 0. The van der Waals surface area contributed by atoms with E-state index in [0.717, 1.165) is 17.8 Å². The van der Waals surface area contributed by atoms with Gasteiger partial charge in [0.1, 0.15) is 0 Å². The van der Waals surface area contributed by atoms with E-state index in [1.54, 1.807) is 0 Å². The molecule has 1 nitrogen and oxygen atoms in total. The molecule has 2 aliphatic carbocycles. The molecule has 2 N–H and O–H groups in total. The number of nitrogens with two attached hydrogens (primary N) is 1. The standard InChI is InChI=1S/C23H45N/c1-20-12-8-10-16-22(17-11-9-13-20)21-14-4-2-6-18-23(24)19-7-3-5-15-21/h20-23H,2-19,24H2,1H3. The summed E-state index contributed by atoms with van der Waals surface area (Å²) < 4.78 is 0. The van der Waals surface area contributed by atoms with Crippen LogP contribution in [-0.2, 0) is 0 Å². The van der Waals surface area contributed by atoms with Crippen LogP contribution in [0, 0.1) is 17.8 Å². The van der Waals surface area contributed by atoms with Gasteiger partial charge in [0.25, 0.3) is 0 Å². The Bertz CT molecular complexity index is 274. The minimum Gasteiger partial charge on any atom is -0.328 e. The largest absolute Gasteiger partial charge is 0.328 e. The fraction of sp³-hybridized carbons (Fsp3) is 1.00. The molecule has 2 saturated carbocycles. The van der Waals surface area contributed by atoms with Crippen LogP contribution in [0.4, 0.5) is 0 Å². The maximum absolute atomic E-state index is 6.23. The second kappa shape index (κ2) is 12.3. The highest BCUT2D eigenvalue weighted by molar-refractivity contribution is 4.74. The molecule has 0 aromatic rings. The summed E-state index contributed by atoms with van der Waals surface area (Å²) in [6.45, 7) is 2.47. The number of hydrogen-bond donors (Lipinski definition) is 1. The molecule has 0 aromatic heterocycles. The lowest BCUT2D eigenvalue weighted by molar-refractivity contribution is 0.227. The van der Waals surface area contributed by atoms with Gasteiger partial charge < -0.3 is 5.73 Å². The normalized spacial score (nSPS) is 36.2. The van der Waals surface area contributed by atoms with Gasteiger partial charge in [0.2, 0.25) is 0 Å². The molecule has 24 heavy (non-hydrogen) atoms. The molecule has 2 rings (SSSR count). The summed E-state index contributed by atoms with van der Waals surface area (Å²) in [5, 5.41) is 0. The van der Waals surface area contributed by atoms with E-state index in [2.05, 4.69) is 6.92 Å². The van der Waals surface area contributed by atoms with E-state index in [1.165, 1.54) is 116 Å². The zero-order chi connectivity index (χ0) is 17.0. The second-order valence-electron chi connectivity index (χ2n) is 9.23. The topological polar surface area (TPSA) is 26.0 Å². The van der Waals surface area contributed by atoms with Crippen LogP contribution in [0.1, 0.15) is 122 Å². The van der Waals surface area contributed by atoms with Gasteiger partial charge in [0.15, 0.2) is 0 Å². The van der Waals surface area contributed by atoms with Gasteiger partial charge >= 0.3 is 0 Å². The second-order valence-corrected chi connectivity index (χ2v) is 9.23. The summed E-state index contributed by atoms with van der Waals surface area (Å²) in [7, 11) is 0. The SMILES string of the molecule is CC1CCCCC(C2CCCCCC(N)CCCCC2)CCCC1. The minimum absolute atomic E-state index is 0.487. The highest BCUT2D eigenvalue weighted by Gasteiger charge is 2.22. The van der Waals surface area contributed by atoms with Crippen LogP contribution in [0.25, 0.3) is 0 Å². The first-order valence-electron chi connectivity index (χ1n) is 11.5. The average molecular weight is 336 g/mol. The molecule has 0 amide bonds. The summed E-state index contributed by atoms with van der Waals surface area (Å²) in [6, 6.07) is 0.487. The zero-order valence-electron chi connectivity index (χ0n) is 16.6. The van der Waals surface area contributed by atoms with Crippen LogP contribution in [0.2, 0.25) is 0 Å². The Balaban J connectivity index is 1.82. The zero-order valence-corrected chi connectivity index (χ0v) is 16.6. The van der Waals surface area contributed by atoms with Crippen LogP contribution in [0.15, 0.2) is 0 Å². The quantitative estimate of drug-likeness (QED) is 0.537. The van der Waals surface area contributed by atoms with Crippen molar-refractivity contribution < 1.29 is 0 Å². The van der Waals surface area contributed by atoms with Gasteiger partial charge in [-0.05, 0) is 30.6 Å². The van der Waals surface area contributed by atoms with Crippen molar-refractivity contribution in [3.63, 3.8) is 0 Å². The first kappa shape index (κ1) is 20.3. The van der Waals surface area contributed by atoms with Crippen LogP contribution < -0.4 is 5.73 Å². The summed E-state index contributed by atoms with van der Waals surface area (Å²) in [4.78, 5) is 0. The first-order chi connectivity index (χ1) is 11.8. The third-order valence-corrected chi connectivity index (χ3v) is 7.01. The minimum atomic E-state index is 0.487. The predicted octanol–water partition coefficient (Wildman–Crippen LogP) is 7.23. The fourth-order valence-corrected chi connectivity index (χ4v) is 5.30. The van der Waals surface area contributed by atoms with Crippen molar-refractivity contribution >= 4 is 0 Å². The Morgan fingerprint density at radius 2 is 0.792 bits per heavy atom. The van der Waals surface area contributed by atoms with Gasteiger partial charge in [-0.1, -0.05) is 110 Å². The monoisotopic (exact) mass is 335 g/mol. The Morgan fingerprint density at radius 1 is 0.458 bits per heavy atom. The van der Waals surface area contributed by atoms with Gasteiger partial charge in [-0.2, -0.15) is 0 Å². The van der Waals surface area contributed by atoms with Crippen molar-refractivity contribution in [3.8, 4) is 0 Å². The molecule has 142 valence electrons. The third-order valence-electron chi connectivity index (χ3n) is 7.01. The van der Waals surface area contributed by atoms with Crippen LogP contribution in [0.3, 0.4) is 0 Å². The maximum atomic E-state index is 6.23. The van der Waals surface area contributed by atoms with Crippen molar-refractivity contribution in [1.29, 1.82) is 0 Å². The molecule has 2 aliphatic rings. The average Bonchev–Trinajstić information content (AvgIpc) is 2.57. The van der Waals surface area contributed by atoms with Crippen molar-refractivity contribution in [2.75, 3.05) is 0 Å². The molecule has 2 fully saturated rings. The first-order valence-corrected chi connectivity index (χ1v) is 11.5. The maximum Gasteiger partial charge on any atom is 0.00388 e. The molecule has 0 aliphatic heterocycles. The Hall–Kier alpha value is -0.0400. The Morgan fingerprint density at radius 3 is 1.25 bits per heavy atom. The molecule has 0 aromatic carbocycles. The Labute approximate surface area is 152 Å². The predicted molar refractivity (Wildman–Crippen MR) is 107 cm³/mol. The Kier molecular flexibility index (Phi) is 10.4. The van der Waals surface area contributed by atoms with Gasteiger partial charge in [-0.3, -0.25) is 0 Å². The van der Waals surface area contributed by atoms with Crippen molar-refractivity contribution in [3.05, 3.63) is 0 Å². The molecule has 1 heteroatoms. The smallest absolute Gasteiger partial charge is 0.00388 e. The van der Waals surface area contributed by atoms with E-state index in [-0.39, 0.29) is 0 Å². The lowest BCUT2D eigenvalue weighted by atomic mass is 9.77. The molecule has 0 heterocycles. The molecule has 0 saturated heterocycles. The van der Waals surface area contributed by atoms with Gasteiger partial charge in [-0.15, -0.1) is 0 Å². The van der Waals surface area contributed by atoms with Gasteiger partial charge in [0, 0.05) is 6.04 Å². The van der Waals surface area contributed by atoms with E-state index in [4.69, 9.17) is 5.73 Å². The molecule has 0 atom stereocenters. The lowest BCUT2D eigenvalue weighted by Gasteiger charge is -2.29. The van der Waals surface area contributed by atoms with E-state index in [1.807, 2.05) is 0 Å². The lowest BCUT2D eigenvalue weighted by Crippen LogP contribution is -2.20. The van der Waals surface area contributed by atoms with E-state index in [0.29, 0.717) is 6.04 Å². The molecular formula is C23H45N. The third kappa shape index (κ3) is 8.37. The number of hydrogen-bond acceptors (Lipinski definition) is 1. The van der Waals surface area contributed by atoms with Crippen molar-refractivity contribution in [2.45, 2.75) is 129 Å². The summed E-state index contributed by atoms with van der Waals surface area (Å²) in [6.07, 6.45) is 26.1. The van der Waals surface area contributed by atoms with E-state index in [9.17, 15) is 0 Å². The van der Waals surface area contributed by atoms with Crippen molar-refractivity contribution in [2.24, 2.45) is 23.5 Å². The highest BCUT2D eigenvalue weighted by Crippen LogP contribution is 2.35. The number of rotatable bonds is 1. The van der Waals surface area contributed by atoms with Gasteiger partial charge in [0.05, 0.1) is 0 Å². The molecule has 0 spiro atoms. The van der Waals surface area contributed by atoms with Gasteiger partial charge in [-0.25, -0.2) is 0 Å².